The molecule has 0 aliphatic heterocycles. The van der Waals surface area contributed by atoms with Crippen LogP contribution < -0.4 is 15.4 Å². The van der Waals surface area contributed by atoms with Gasteiger partial charge >= 0.3 is 6.18 Å². The number of thiocarbonyl (C=S) groups is 1. The number of hydrogen-bond donors (Lipinski definition) is 2. The van der Waals surface area contributed by atoms with Crippen molar-refractivity contribution in [2.75, 3.05) is 11.9 Å². The van der Waals surface area contributed by atoms with Crippen molar-refractivity contribution in [3.63, 3.8) is 0 Å². The Morgan fingerprint density at radius 1 is 1.15 bits per heavy atom. The van der Waals surface area contributed by atoms with Crippen molar-refractivity contribution in [3.8, 4) is 5.75 Å². The number of anilines is 1. The number of benzene rings is 2. The van der Waals surface area contributed by atoms with Crippen LogP contribution in [0.5, 0.6) is 5.75 Å². The van der Waals surface area contributed by atoms with Crippen LogP contribution >= 0.6 is 35.4 Å². The highest BCUT2D eigenvalue weighted by Gasteiger charge is 2.30. The third kappa shape index (κ3) is 5.72. The molecule has 10 heteroatoms. The molecule has 144 valence electrons. The van der Waals surface area contributed by atoms with Crippen molar-refractivity contribution < 1.29 is 22.7 Å². The summed E-state index contributed by atoms with van der Waals surface area (Å²) in [4.78, 5) is 12.2. The van der Waals surface area contributed by atoms with E-state index < -0.39 is 17.6 Å². The first-order valence-electron chi connectivity index (χ1n) is 7.53. The second-order valence-electron chi connectivity index (χ2n) is 5.18. The topological polar surface area (TPSA) is 50.4 Å². The summed E-state index contributed by atoms with van der Waals surface area (Å²) < 4.78 is 43.2. The SMILES string of the molecule is CCOc1ccc(C(=O)NC(=S)Nc2ccc(C(F)(F)F)cc2Cl)cc1Cl. The van der Waals surface area contributed by atoms with Gasteiger partial charge in [-0.25, -0.2) is 0 Å². The maximum absolute atomic E-state index is 12.6. The number of ether oxygens (including phenoxy) is 1. The fourth-order valence-corrected chi connectivity index (χ4v) is 2.70. The summed E-state index contributed by atoms with van der Waals surface area (Å²) in [6, 6.07) is 7.20. The van der Waals surface area contributed by atoms with E-state index in [1.807, 2.05) is 0 Å². The lowest BCUT2D eigenvalue weighted by Gasteiger charge is -2.13. The monoisotopic (exact) mass is 436 g/mol. The fourth-order valence-electron chi connectivity index (χ4n) is 2.04. The van der Waals surface area contributed by atoms with Crippen LogP contribution in [0.2, 0.25) is 10.0 Å². The first-order valence-corrected chi connectivity index (χ1v) is 8.69. The summed E-state index contributed by atoms with van der Waals surface area (Å²) in [7, 11) is 0. The number of hydrogen-bond acceptors (Lipinski definition) is 3. The van der Waals surface area contributed by atoms with Crippen LogP contribution in [-0.2, 0) is 6.18 Å². The van der Waals surface area contributed by atoms with E-state index in [2.05, 4.69) is 10.6 Å². The van der Waals surface area contributed by atoms with Crippen molar-refractivity contribution >= 4 is 52.1 Å². The van der Waals surface area contributed by atoms with Crippen LogP contribution in [0, 0.1) is 0 Å². The highest BCUT2D eigenvalue weighted by molar-refractivity contribution is 7.80. The number of nitrogens with one attached hydrogen (secondary N) is 2. The average molecular weight is 437 g/mol. The zero-order valence-electron chi connectivity index (χ0n) is 13.8. The normalized spacial score (nSPS) is 11.0. The van der Waals surface area contributed by atoms with Gasteiger partial charge in [0.2, 0.25) is 0 Å². The molecule has 0 fully saturated rings. The Labute approximate surface area is 168 Å². The van der Waals surface area contributed by atoms with Gasteiger partial charge in [-0.3, -0.25) is 10.1 Å². The molecule has 2 aromatic carbocycles. The second kappa shape index (κ2) is 8.77. The number of amides is 1. The Bertz CT molecular complexity index is 876. The van der Waals surface area contributed by atoms with Crippen LogP contribution in [0.1, 0.15) is 22.8 Å². The molecule has 0 saturated carbocycles. The smallest absolute Gasteiger partial charge is 0.416 e. The standard InChI is InChI=1S/C17H13Cl2F3N2O2S/c1-2-26-14-6-3-9(7-12(14)19)15(25)24-16(27)23-13-5-4-10(8-11(13)18)17(20,21)22/h3-8H,2H2,1H3,(H2,23,24,25,27). The maximum Gasteiger partial charge on any atom is 0.416 e. The summed E-state index contributed by atoms with van der Waals surface area (Å²) in [5.41, 5.74) is -0.539. The molecule has 0 atom stereocenters. The molecule has 0 spiro atoms. The highest BCUT2D eigenvalue weighted by Crippen LogP contribution is 2.33. The predicted octanol–water partition coefficient (Wildman–Crippen LogP) is 5.54. The Hall–Kier alpha value is -2.03. The molecule has 0 aliphatic carbocycles. The minimum atomic E-state index is -4.51. The minimum absolute atomic E-state index is 0.125. The first kappa shape index (κ1) is 21.3. The molecule has 2 rings (SSSR count). The molecular formula is C17H13Cl2F3N2O2S. The second-order valence-corrected chi connectivity index (χ2v) is 6.40. The van der Waals surface area contributed by atoms with E-state index in [-0.39, 0.29) is 26.4 Å². The molecule has 0 aromatic heterocycles. The van der Waals surface area contributed by atoms with Crippen LogP contribution in [0.4, 0.5) is 18.9 Å². The number of halogens is 5. The van der Waals surface area contributed by atoms with E-state index in [0.29, 0.717) is 12.4 Å². The minimum Gasteiger partial charge on any atom is -0.492 e. The summed E-state index contributed by atoms with van der Waals surface area (Å²) in [5.74, 6) is -0.117. The van der Waals surface area contributed by atoms with Crippen molar-refractivity contribution in [1.29, 1.82) is 0 Å². The molecule has 2 aromatic rings. The summed E-state index contributed by atoms with van der Waals surface area (Å²) in [6.45, 7) is 2.22. The van der Waals surface area contributed by atoms with Gasteiger partial charge in [0.1, 0.15) is 5.75 Å². The van der Waals surface area contributed by atoms with E-state index in [1.165, 1.54) is 12.1 Å². The lowest BCUT2D eigenvalue weighted by atomic mass is 10.2. The fraction of sp³-hybridized carbons (Fsp3) is 0.176. The van der Waals surface area contributed by atoms with E-state index in [0.717, 1.165) is 18.2 Å². The molecular weight excluding hydrogens is 424 g/mol. The van der Waals surface area contributed by atoms with Crippen molar-refractivity contribution in [2.45, 2.75) is 13.1 Å². The van der Waals surface area contributed by atoms with Gasteiger partial charge in [0.05, 0.1) is 27.9 Å². The van der Waals surface area contributed by atoms with E-state index in [4.69, 9.17) is 40.2 Å². The summed E-state index contributed by atoms with van der Waals surface area (Å²) in [5, 5.41) is 4.91. The molecule has 27 heavy (non-hydrogen) atoms. The van der Waals surface area contributed by atoms with Crippen LogP contribution in [0.15, 0.2) is 36.4 Å². The molecule has 0 heterocycles. The number of rotatable bonds is 4. The molecule has 0 aliphatic rings. The molecule has 1 amide bonds. The largest absolute Gasteiger partial charge is 0.492 e. The Balaban J connectivity index is 2.05. The van der Waals surface area contributed by atoms with E-state index >= 15 is 0 Å². The Morgan fingerprint density at radius 2 is 1.85 bits per heavy atom. The molecule has 0 radical (unpaired) electrons. The molecule has 0 bridgehead atoms. The zero-order valence-corrected chi connectivity index (χ0v) is 16.1. The van der Waals surface area contributed by atoms with Gasteiger partial charge in [-0.05, 0) is 55.5 Å². The van der Waals surface area contributed by atoms with Gasteiger partial charge in [0, 0.05) is 5.56 Å². The summed E-state index contributed by atoms with van der Waals surface area (Å²) >= 11 is 16.9. The molecule has 0 saturated heterocycles. The van der Waals surface area contributed by atoms with Crippen molar-refractivity contribution in [1.82, 2.24) is 5.32 Å². The van der Waals surface area contributed by atoms with Gasteiger partial charge in [-0.2, -0.15) is 13.2 Å². The van der Waals surface area contributed by atoms with Gasteiger partial charge < -0.3 is 10.1 Å². The third-order valence-corrected chi connectivity index (χ3v) is 4.08. The first-order chi connectivity index (χ1) is 12.6. The Morgan fingerprint density at radius 3 is 2.41 bits per heavy atom. The quantitative estimate of drug-likeness (QED) is 0.617. The zero-order chi connectivity index (χ0) is 20.2. The molecule has 2 N–H and O–H groups in total. The Kier molecular flexibility index (Phi) is 6.91. The molecule has 4 nitrogen and oxygen atoms in total. The van der Waals surface area contributed by atoms with Gasteiger partial charge in [-0.1, -0.05) is 23.2 Å². The van der Waals surface area contributed by atoms with E-state index in [9.17, 15) is 18.0 Å². The summed E-state index contributed by atoms with van der Waals surface area (Å²) in [6.07, 6.45) is -4.51. The predicted molar refractivity (Wildman–Crippen MR) is 103 cm³/mol. The third-order valence-electron chi connectivity index (χ3n) is 3.27. The van der Waals surface area contributed by atoms with E-state index in [1.54, 1.807) is 13.0 Å². The molecule has 0 unspecified atom stereocenters. The van der Waals surface area contributed by atoms with Crippen LogP contribution in [0.25, 0.3) is 0 Å². The van der Waals surface area contributed by atoms with Crippen molar-refractivity contribution in [2.24, 2.45) is 0 Å². The van der Waals surface area contributed by atoms with Gasteiger partial charge in [0.25, 0.3) is 5.91 Å². The maximum atomic E-state index is 12.6. The number of alkyl halides is 3. The highest BCUT2D eigenvalue weighted by atomic mass is 35.5. The van der Waals surface area contributed by atoms with Crippen molar-refractivity contribution in [3.05, 3.63) is 57.6 Å². The average Bonchev–Trinajstić information content (AvgIpc) is 2.57. The van der Waals surface area contributed by atoms with Gasteiger partial charge in [-0.15, -0.1) is 0 Å². The van der Waals surface area contributed by atoms with Crippen LogP contribution in [-0.4, -0.2) is 17.6 Å². The van der Waals surface area contributed by atoms with Crippen LogP contribution in [0.3, 0.4) is 0 Å². The van der Waals surface area contributed by atoms with Gasteiger partial charge in [0.15, 0.2) is 5.11 Å². The number of carbonyl (C=O) groups is 1. The number of carbonyl (C=O) groups excluding carboxylic acids is 1. The lowest BCUT2D eigenvalue weighted by Crippen LogP contribution is -2.34. The lowest BCUT2D eigenvalue weighted by molar-refractivity contribution is -0.137.